The van der Waals surface area contributed by atoms with Crippen molar-refractivity contribution in [2.45, 2.75) is 13.8 Å². The number of nitrogens with zero attached hydrogens (tertiary/aromatic N) is 4. The van der Waals surface area contributed by atoms with Gasteiger partial charge in [-0.2, -0.15) is 0 Å². The summed E-state index contributed by atoms with van der Waals surface area (Å²) in [6, 6.07) is 1.49. The molecule has 1 aliphatic rings. The zero-order valence-corrected chi connectivity index (χ0v) is 12.6. The lowest BCUT2D eigenvalue weighted by Crippen LogP contribution is -2.42. The smallest absolute Gasteiger partial charge is 0.354 e. The number of anilines is 1. The first-order valence-electron chi connectivity index (χ1n) is 7.24. The molecule has 1 saturated heterocycles. The number of carboxylic acids is 1. The minimum atomic E-state index is -1.02. The Morgan fingerprint density at radius 3 is 2.76 bits per heavy atom. The van der Waals surface area contributed by atoms with Crippen LogP contribution in [0.25, 0.3) is 0 Å². The third-order valence-electron chi connectivity index (χ3n) is 3.52. The van der Waals surface area contributed by atoms with Crippen molar-refractivity contribution < 1.29 is 14.6 Å². The molecule has 1 N–H and O–H groups in total. The molecule has 0 bridgehead atoms. The average Bonchev–Trinajstić information content (AvgIpc) is 2.48. The second-order valence-corrected chi connectivity index (χ2v) is 5.03. The fourth-order valence-electron chi connectivity index (χ4n) is 2.29. The van der Waals surface area contributed by atoms with E-state index in [1.165, 1.54) is 6.07 Å². The first-order valence-corrected chi connectivity index (χ1v) is 7.24. The lowest BCUT2D eigenvalue weighted by molar-refractivity contribution is 0.0391. The van der Waals surface area contributed by atoms with E-state index in [0.29, 0.717) is 11.6 Å². The molecule has 0 radical (unpaired) electrons. The van der Waals surface area contributed by atoms with E-state index in [1.807, 2.05) is 11.8 Å². The standard InChI is InChI=1S/C14H22N4O3/c1-3-18(5-4-17-6-8-21-9-7-17)14-15-11(2)10-12(16-14)13(19)20/h10H,3-9H2,1-2H3,(H,19,20). The fourth-order valence-corrected chi connectivity index (χ4v) is 2.29. The molecule has 7 heteroatoms. The number of ether oxygens (including phenoxy) is 1. The average molecular weight is 294 g/mol. The first-order chi connectivity index (χ1) is 10.1. The van der Waals surface area contributed by atoms with E-state index in [0.717, 1.165) is 45.9 Å². The van der Waals surface area contributed by atoms with E-state index in [9.17, 15) is 4.79 Å². The largest absolute Gasteiger partial charge is 0.477 e. The molecule has 0 unspecified atom stereocenters. The Kier molecular flexibility index (Phi) is 5.46. The summed E-state index contributed by atoms with van der Waals surface area (Å²) < 4.78 is 5.33. The van der Waals surface area contributed by atoms with E-state index in [1.54, 1.807) is 6.92 Å². The lowest BCUT2D eigenvalue weighted by Gasteiger charge is -2.29. The molecule has 1 fully saturated rings. The summed E-state index contributed by atoms with van der Waals surface area (Å²) in [7, 11) is 0. The Morgan fingerprint density at radius 2 is 2.14 bits per heavy atom. The summed E-state index contributed by atoms with van der Waals surface area (Å²) in [4.78, 5) is 23.9. The molecule has 7 nitrogen and oxygen atoms in total. The van der Waals surface area contributed by atoms with Gasteiger partial charge in [-0.15, -0.1) is 0 Å². The summed E-state index contributed by atoms with van der Waals surface area (Å²) in [5, 5.41) is 9.09. The monoisotopic (exact) mass is 294 g/mol. The second kappa shape index (κ2) is 7.33. The van der Waals surface area contributed by atoms with Gasteiger partial charge < -0.3 is 14.7 Å². The lowest BCUT2D eigenvalue weighted by atomic mass is 10.3. The molecule has 0 amide bonds. The van der Waals surface area contributed by atoms with Crippen LogP contribution in [0.3, 0.4) is 0 Å². The van der Waals surface area contributed by atoms with Gasteiger partial charge in [0.2, 0.25) is 5.95 Å². The van der Waals surface area contributed by atoms with Gasteiger partial charge in [-0.3, -0.25) is 4.90 Å². The number of morpholine rings is 1. The third-order valence-corrected chi connectivity index (χ3v) is 3.52. The topological polar surface area (TPSA) is 78.8 Å². The van der Waals surface area contributed by atoms with Crippen LogP contribution in [-0.2, 0) is 4.74 Å². The molecule has 1 aromatic rings. The highest BCUT2D eigenvalue weighted by molar-refractivity contribution is 5.85. The summed E-state index contributed by atoms with van der Waals surface area (Å²) in [5.41, 5.74) is 0.713. The SMILES string of the molecule is CCN(CCN1CCOCC1)c1nc(C)cc(C(=O)O)n1. The van der Waals surface area contributed by atoms with Crippen LogP contribution in [0.2, 0.25) is 0 Å². The van der Waals surface area contributed by atoms with Gasteiger partial charge >= 0.3 is 5.97 Å². The zero-order valence-electron chi connectivity index (χ0n) is 12.6. The number of hydrogen-bond donors (Lipinski definition) is 1. The Hall–Kier alpha value is -1.73. The summed E-state index contributed by atoms with van der Waals surface area (Å²) in [5.74, 6) is -0.533. The number of aromatic nitrogens is 2. The van der Waals surface area contributed by atoms with Gasteiger partial charge in [-0.1, -0.05) is 0 Å². The van der Waals surface area contributed by atoms with Gasteiger partial charge in [-0.25, -0.2) is 14.8 Å². The maximum absolute atomic E-state index is 11.1. The summed E-state index contributed by atoms with van der Waals surface area (Å²) in [6.07, 6.45) is 0. The van der Waals surface area contributed by atoms with Gasteiger partial charge in [0.15, 0.2) is 5.69 Å². The van der Waals surface area contributed by atoms with Crippen LogP contribution < -0.4 is 4.90 Å². The molecular formula is C14H22N4O3. The minimum Gasteiger partial charge on any atom is -0.477 e. The van der Waals surface area contributed by atoms with E-state index in [-0.39, 0.29) is 5.69 Å². The predicted octanol–water partition coefficient (Wildman–Crippen LogP) is 0.642. The third kappa shape index (κ3) is 4.37. The molecule has 1 aliphatic heterocycles. The Morgan fingerprint density at radius 1 is 1.43 bits per heavy atom. The van der Waals surface area contributed by atoms with Crippen LogP contribution in [-0.4, -0.2) is 71.9 Å². The summed E-state index contributed by atoms with van der Waals surface area (Å²) in [6.45, 7) is 9.65. The van der Waals surface area contributed by atoms with Gasteiger partial charge in [0.1, 0.15) is 0 Å². The zero-order chi connectivity index (χ0) is 15.2. The maximum Gasteiger partial charge on any atom is 0.354 e. The number of likely N-dealkylation sites (N-methyl/N-ethyl adjacent to an activating group) is 1. The van der Waals surface area contributed by atoms with Crippen molar-refractivity contribution in [3.8, 4) is 0 Å². The Balaban J connectivity index is 2.04. The number of carboxylic acid groups (broad SMARTS) is 1. The molecule has 116 valence electrons. The second-order valence-electron chi connectivity index (χ2n) is 5.03. The normalized spacial score (nSPS) is 15.9. The van der Waals surface area contributed by atoms with E-state index in [2.05, 4.69) is 14.9 Å². The number of aryl methyl sites for hydroxylation is 1. The molecular weight excluding hydrogens is 272 g/mol. The highest BCUT2D eigenvalue weighted by Gasteiger charge is 2.16. The van der Waals surface area contributed by atoms with Crippen LogP contribution >= 0.6 is 0 Å². The van der Waals surface area contributed by atoms with Crippen LogP contribution in [0.5, 0.6) is 0 Å². The van der Waals surface area contributed by atoms with Gasteiger partial charge in [-0.05, 0) is 19.9 Å². The molecule has 2 heterocycles. The van der Waals surface area contributed by atoms with Gasteiger partial charge in [0.25, 0.3) is 0 Å². The molecule has 2 rings (SSSR count). The van der Waals surface area contributed by atoms with Crippen LogP contribution in [0.15, 0.2) is 6.07 Å². The van der Waals surface area contributed by atoms with Crippen LogP contribution in [0, 0.1) is 6.92 Å². The quantitative estimate of drug-likeness (QED) is 0.825. The van der Waals surface area contributed by atoms with Crippen molar-refractivity contribution in [3.63, 3.8) is 0 Å². The summed E-state index contributed by atoms with van der Waals surface area (Å²) >= 11 is 0. The van der Waals surface area contributed by atoms with Crippen molar-refractivity contribution in [2.24, 2.45) is 0 Å². The van der Waals surface area contributed by atoms with E-state index < -0.39 is 5.97 Å². The molecule has 0 saturated carbocycles. The van der Waals surface area contributed by atoms with Gasteiger partial charge in [0, 0.05) is 38.4 Å². The molecule has 21 heavy (non-hydrogen) atoms. The molecule has 0 aromatic carbocycles. The van der Waals surface area contributed by atoms with Crippen molar-refractivity contribution in [3.05, 3.63) is 17.5 Å². The van der Waals surface area contributed by atoms with Crippen molar-refractivity contribution in [2.75, 3.05) is 50.8 Å². The highest BCUT2D eigenvalue weighted by Crippen LogP contribution is 2.11. The van der Waals surface area contributed by atoms with Gasteiger partial charge in [0.05, 0.1) is 13.2 Å². The molecule has 0 aliphatic carbocycles. The van der Waals surface area contributed by atoms with Crippen molar-refractivity contribution >= 4 is 11.9 Å². The minimum absolute atomic E-state index is 0.0438. The first kappa shape index (κ1) is 15.7. The molecule has 1 aromatic heterocycles. The van der Waals surface area contributed by atoms with Crippen LogP contribution in [0.4, 0.5) is 5.95 Å². The van der Waals surface area contributed by atoms with Crippen LogP contribution in [0.1, 0.15) is 23.1 Å². The number of carbonyl (C=O) groups is 1. The number of rotatable bonds is 6. The van der Waals surface area contributed by atoms with Crippen molar-refractivity contribution in [1.29, 1.82) is 0 Å². The number of aromatic carboxylic acids is 1. The maximum atomic E-state index is 11.1. The fraction of sp³-hybridized carbons (Fsp3) is 0.643. The Bertz CT molecular complexity index is 489. The molecule has 0 spiro atoms. The van der Waals surface area contributed by atoms with E-state index in [4.69, 9.17) is 9.84 Å². The van der Waals surface area contributed by atoms with E-state index >= 15 is 0 Å². The van der Waals surface area contributed by atoms with Crippen molar-refractivity contribution in [1.82, 2.24) is 14.9 Å². The highest BCUT2D eigenvalue weighted by atomic mass is 16.5. The Labute approximate surface area is 124 Å². The number of hydrogen-bond acceptors (Lipinski definition) is 6. The molecule has 0 atom stereocenters. The predicted molar refractivity (Wildman–Crippen MR) is 78.9 cm³/mol.